The molecule has 1 aliphatic heterocycles. The molecule has 7 rings (SSSR count). The van der Waals surface area contributed by atoms with Crippen molar-refractivity contribution in [2.45, 2.75) is 28.7 Å². The second-order valence-electron chi connectivity index (χ2n) is 11.9. The minimum Gasteiger partial charge on any atom is -0.495 e. The van der Waals surface area contributed by atoms with Gasteiger partial charge in [-0.25, -0.2) is 4.98 Å². The Hall–Kier alpha value is -4.27. The molecule has 9 heteroatoms. The van der Waals surface area contributed by atoms with E-state index < -0.39 is 0 Å². The third-order valence-corrected chi connectivity index (χ3v) is 9.90. The molecular formula is C40H40Cl2N4O2S. The normalized spacial score (nSPS) is 13.1. The van der Waals surface area contributed by atoms with Gasteiger partial charge in [0, 0.05) is 49.1 Å². The van der Waals surface area contributed by atoms with Crippen LogP contribution < -0.4 is 4.74 Å². The molecule has 0 atom stereocenters. The maximum atomic E-state index is 13.2. The summed E-state index contributed by atoms with van der Waals surface area (Å²) in [5.41, 5.74) is 6.64. The van der Waals surface area contributed by atoms with E-state index in [2.05, 4.69) is 101 Å². The fraction of sp³-hybridized carbons (Fsp3) is 0.200. The van der Waals surface area contributed by atoms with Gasteiger partial charge in [0.15, 0.2) is 0 Å². The summed E-state index contributed by atoms with van der Waals surface area (Å²) >= 11 is 1.65. The van der Waals surface area contributed by atoms with Gasteiger partial charge >= 0.3 is 0 Å². The van der Waals surface area contributed by atoms with Crippen LogP contribution in [0.25, 0.3) is 22.4 Å². The zero-order chi connectivity index (χ0) is 32.0. The van der Waals surface area contributed by atoms with Gasteiger partial charge < -0.3 is 14.6 Å². The number of aromatic amines is 1. The Kier molecular flexibility index (Phi) is 12.4. The van der Waals surface area contributed by atoms with Crippen LogP contribution in [0.1, 0.15) is 29.2 Å². The summed E-state index contributed by atoms with van der Waals surface area (Å²) < 4.78 is 5.74. The van der Waals surface area contributed by atoms with Crippen molar-refractivity contribution >= 4 is 53.5 Å². The number of nitrogens with zero attached hydrogens (tertiary/aromatic N) is 3. The predicted octanol–water partition coefficient (Wildman–Crippen LogP) is 9.10. The standard InChI is InChI=1S/C40H38N4O2S.2ClH/c1-46-36-27-34-35(42-40(41-34)32-15-9-4-10-16-32)28-37(36)47-33-20-17-29(18-21-33)19-22-38(45)43-23-25-44(26-24-43)39(30-11-5-2-6-12-30)31-13-7-3-8-14-31;;/h2-18,20-21,27-28,39H,19,22-26H2,1H3,(H,41,42);2*1H. The SMILES string of the molecule is COc1cc2[nH]c(-c3ccccc3)nc2cc1Sc1ccc(CCC(=O)N2CCN(C(c3ccccc3)c3ccccc3)CC2)cc1.Cl.Cl. The van der Waals surface area contributed by atoms with E-state index >= 15 is 0 Å². The molecule has 6 aromatic rings. The first-order valence-corrected chi connectivity index (χ1v) is 17.0. The van der Waals surface area contributed by atoms with Crippen molar-refractivity contribution in [1.29, 1.82) is 0 Å². The second-order valence-corrected chi connectivity index (χ2v) is 13.0. The molecule has 1 saturated heterocycles. The average molecular weight is 712 g/mol. The first-order valence-electron chi connectivity index (χ1n) is 16.2. The minimum absolute atomic E-state index is 0. The van der Waals surface area contributed by atoms with Gasteiger partial charge in [0.25, 0.3) is 0 Å². The highest BCUT2D eigenvalue weighted by Gasteiger charge is 2.28. The number of ether oxygens (including phenoxy) is 1. The van der Waals surface area contributed by atoms with Crippen LogP contribution in [0.2, 0.25) is 0 Å². The molecule has 1 aromatic heterocycles. The number of aryl methyl sites for hydroxylation is 1. The molecule has 2 heterocycles. The van der Waals surface area contributed by atoms with Gasteiger partial charge in [-0.2, -0.15) is 0 Å². The Balaban J connectivity index is 0.00000234. The Labute approximate surface area is 304 Å². The molecular weight excluding hydrogens is 671 g/mol. The van der Waals surface area contributed by atoms with Gasteiger partial charge in [-0.15, -0.1) is 24.8 Å². The number of nitrogens with one attached hydrogen (secondary N) is 1. The number of methoxy groups -OCH3 is 1. The van der Waals surface area contributed by atoms with Crippen LogP contribution in [-0.4, -0.2) is 59.0 Å². The number of hydrogen-bond donors (Lipinski definition) is 1. The fourth-order valence-corrected chi connectivity index (χ4v) is 7.30. The molecule has 1 fully saturated rings. The Morgan fingerprint density at radius 2 is 1.39 bits per heavy atom. The smallest absolute Gasteiger partial charge is 0.222 e. The van der Waals surface area contributed by atoms with E-state index in [-0.39, 0.29) is 36.8 Å². The number of piperazine rings is 1. The number of fused-ring (bicyclic) bond motifs is 1. The van der Waals surface area contributed by atoms with Crippen LogP contribution in [0.5, 0.6) is 5.75 Å². The summed E-state index contributed by atoms with van der Waals surface area (Å²) in [4.78, 5) is 28.2. The van der Waals surface area contributed by atoms with Crippen molar-refractivity contribution < 1.29 is 9.53 Å². The molecule has 6 nitrogen and oxygen atoms in total. The van der Waals surface area contributed by atoms with E-state index in [1.165, 1.54) is 11.1 Å². The molecule has 0 bridgehead atoms. The quantitative estimate of drug-likeness (QED) is 0.154. The van der Waals surface area contributed by atoms with Crippen molar-refractivity contribution in [2.24, 2.45) is 0 Å². The number of imidazole rings is 1. The number of aromatic nitrogens is 2. The third kappa shape index (κ3) is 8.49. The minimum atomic E-state index is 0. The lowest BCUT2D eigenvalue weighted by molar-refractivity contribution is -0.133. The summed E-state index contributed by atoms with van der Waals surface area (Å²) in [5, 5.41) is 0. The van der Waals surface area contributed by atoms with E-state index in [0.717, 1.165) is 76.1 Å². The number of carbonyl (C=O) groups is 1. The summed E-state index contributed by atoms with van der Waals surface area (Å²) in [6.45, 7) is 3.21. The van der Waals surface area contributed by atoms with E-state index in [0.29, 0.717) is 6.42 Å². The van der Waals surface area contributed by atoms with Crippen molar-refractivity contribution in [3.63, 3.8) is 0 Å². The van der Waals surface area contributed by atoms with Crippen LogP contribution in [0.4, 0.5) is 0 Å². The summed E-state index contributed by atoms with van der Waals surface area (Å²) in [6.07, 6.45) is 1.24. The number of amides is 1. The molecule has 1 amide bonds. The molecule has 252 valence electrons. The van der Waals surface area contributed by atoms with Crippen molar-refractivity contribution in [1.82, 2.24) is 19.8 Å². The van der Waals surface area contributed by atoms with E-state index in [4.69, 9.17) is 9.72 Å². The van der Waals surface area contributed by atoms with Gasteiger partial charge in [-0.1, -0.05) is 115 Å². The van der Waals surface area contributed by atoms with E-state index in [9.17, 15) is 4.79 Å². The monoisotopic (exact) mass is 710 g/mol. The lowest BCUT2D eigenvalue weighted by Gasteiger charge is -2.40. The molecule has 1 N–H and O–H groups in total. The molecule has 5 aromatic carbocycles. The molecule has 0 radical (unpaired) electrons. The fourth-order valence-electron chi connectivity index (χ4n) is 6.36. The van der Waals surface area contributed by atoms with Gasteiger partial charge in [0.1, 0.15) is 11.6 Å². The average Bonchev–Trinajstić information content (AvgIpc) is 3.55. The summed E-state index contributed by atoms with van der Waals surface area (Å²) in [5.74, 6) is 1.87. The largest absolute Gasteiger partial charge is 0.495 e. The predicted molar refractivity (Wildman–Crippen MR) is 204 cm³/mol. The molecule has 1 aliphatic rings. The van der Waals surface area contributed by atoms with Gasteiger partial charge in [0.05, 0.1) is 29.1 Å². The van der Waals surface area contributed by atoms with Crippen molar-refractivity contribution in [3.8, 4) is 17.1 Å². The maximum Gasteiger partial charge on any atom is 0.222 e. The lowest BCUT2D eigenvalue weighted by atomic mass is 9.96. The number of benzene rings is 5. The van der Waals surface area contributed by atoms with Crippen molar-refractivity contribution in [2.75, 3.05) is 33.3 Å². The number of carbonyl (C=O) groups excluding carboxylic acids is 1. The number of hydrogen-bond acceptors (Lipinski definition) is 5. The van der Waals surface area contributed by atoms with Gasteiger partial charge in [-0.05, 0) is 41.3 Å². The zero-order valence-corrected chi connectivity index (χ0v) is 29.8. The molecule has 0 spiro atoms. The van der Waals surface area contributed by atoms with Crippen LogP contribution in [0.15, 0.2) is 137 Å². The Bertz CT molecular complexity index is 1890. The van der Waals surface area contributed by atoms with Gasteiger partial charge in [-0.3, -0.25) is 9.69 Å². The molecule has 0 unspecified atom stereocenters. The first kappa shape index (κ1) is 36.0. The first-order chi connectivity index (χ1) is 23.1. The number of halogens is 2. The zero-order valence-electron chi connectivity index (χ0n) is 27.3. The van der Waals surface area contributed by atoms with Crippen molar-refractivity contribution in [3.05, 3.63) is 144 Å². The topological polar surface area (TPSA) is 61.5 Å². The van der Waals surface area contributed by atoms with Gasteiger partial charge in [0.2, 0.25) is 5.91 Å². The third-order valence-electron chi connectivity index (χ3n) is 8.86. The highest BCUT2D eigenvalue weighted by atomic mass is 35.5. The Morgan fingerprint density at radius 3 is 1.98 bits per heavy atom. The lowest BCUT2D eigenvalue weighted by Crippen LogP contribution is -2.49. The molecule has 0 aliphatic carbocycles. The van der Waals surface area contributed by atoms with Crippen LogP contribution in [-0.2, 0) is 11.2 Å². The summed E-state index contributed by atoms with van der Waals surface area (Å²) in [6, 6.07) is 44.3. The molecule has 49 heavy (non-hydrogen) atoms. The maximum absolute atomic E-state index is 13.2. The van der Waals surface area contributed by atoms with E-state index in [1.807, 2.05) is 41.3 Å². The van der Waals surface area contributed by atoms with Crippen LogP contribution in [0.3, 0.4) is 0 Å². The van der Waals surface area contributed by atoms with E-state index in [1.54, 1.807) is 18.9 Å². The Morgan fingerprint density at radius 1 is 0.796 bits per heavy atom. The molecule has 0 saturated carbocycles. The highest BCUT2D eigenvalue weighted by molar-refractivity contribution is 7.99. The number of rotatable bonds is 10. The number of H-pyrrole nitrogens is 1. The summed E-state index contributed by atoms with van der Waals surface area (Å²) in [7, 11) is 1.70. The second kappa shape index (κ2) is 16.9. The van der Waals surface area contributed by atoms with Crippen LogP contribution >= 0.6 is 36.6 Å². The van der Waals surface area contributed by atoms with Crippen LogP contribution in [0, 0.1) is 0 Å². The highest BCUT2D eigenvalue weighted by Crippen LogP contribution is 2.38.